The van der Waals surface area contributed by atoms with E-state index in [0.717, 1.165) is 22.0 Å². The van der Waals surface area contributed by atoms with Gasteiger partial charge in [0, 0.05) is 24.0 Å². The Morgan fingerprint density at radius 3 is 2.09 bits per heavy atom. The van der Waals surface area contributed by atoms with Crippen LogP contribution in [0.3, 0.4) is 0 Å². The smallest absolute Gasteiger partial charge is 0.264 e. The number of hydrogen-bond donors (Lipinski definition) is 1. The lowest BCUT2D eigenvalue weighted by Crippen LogP contribution is -2.54. The molecule has 4 aromatic carbocycles. The van der Waals surface area contributed by atoms with Gasteiger partial charge in [0.2, 0.25) is 11.8 Å². The van der Waals surface area contributed by atoms with Crippen molar-refractivity contribution in [2.45, 2.75) is 50.2 Å². The van der Waals surface area contributed by atoms with E-state index in [1.54, 1.807) is 42.5 Å². The van der Waals surface area contributed by atoms with E-state index in [1.165, 1.54) is 29.2 Å². The Morgan fingerprint density at radius 1 is 0.864 bits per heavy atom. The molecule has 0 spiro atoms. The van der Waals surface area contributed by atoms with Crippen LogP contribution in [0.2, 0.25) is 5.02 Å². The van der Waals surface area contributed by atoms with Crippen LogP contribution in [0.5, 0.6) is 0 Å². The number of nitrogens with zero attached hydrogens (tertiary/aromatic N) is 2. The highest BCUT2D eigenvalue weighted by Crippen LogP contribution is 2.25. The predicted octanol–water partition coefficient (Wildman–Crippen LogP) is 6.23. The quantitative estimate of drug-likeness (QED) is 0.189. The van der Waals surface area contributed by atoms with Gasteiger partial charge >= 0.3 is 0 Å². The molecule has 0 saturated carbocycles. The summed E-state index contributed by atoms with van der Waals surface area (Å²) in [5.74, 6) is -1.53. The maximum Gasteiger partial charge on any atom is 0.264 e. The fourth-order valence-electron chi connectivity index (χ4n) is 4.68. The van der Waals surface area contributed by atoms with E-state index in [1.807, 2.05) is 44.2 Å². The highest BCUT2D eigenvalue weighted by Gasteiger charge is 2.35. The number of rotatable bonds is 13. The average molecular weight is 636 g/mol. The molecule has 0 aliphatic heterocycles. The lowest BCUT2D eigenvalue weighted by Gasteiger charge is -2.34. The van der Waals surface area contributed by atoms with Crippen molar-refractivity contribution in [1.29, 1.82) is 0 Å². The molecular weight excluding hydrogens is 601 g/mol. The van der Waals surface area contributed by atoms with Gasteiger partial charge in [0.05, 0.1) is 10.6 Å². The molecule has 230 valence electrons. The first-order valence-electron chi connectivity index (χ1n) is 14.3. The predicted molar refractivity (Wildman–Crippen MR) is 171 cm³/mol. The molecule has 7 nitrogen and oxygen atoms in total. The van der Waals surface area contributed by atoms with E-state index < -0.39 is 34.3 Å². The normalized spacial score (nSPS) is 12.6. The van der Waals surface area contributed by atoms with E-state index in [0.29, 0.717) is 17.0 Å². The molecule has 0 aromatic heterocycles. The van der Waals surface area contributed by atoms with Gasteiger partial charge in [-0.3, -0.25) is 13.9 Å². The zero-order valence-electron chi connectivity index (χ0n) is 24.6. The summed E-state index contributed by atoms with van der Waals surface area (Å²) in [6.07, 6.45) is 0.872. The Hall–Kier alpha value is -4.21. The van der Waals surface area contributed by atoms with Crippen LogP contribution < -0.4 is 9.62 Å². The van der Waals surface area contributed by atoms with Gasteiger partial charge in [0.1, 0.15) is 18.4 Å². The molecule has 4 aromatic rings. The van der Waals surface area contributed by atoms with Crippen LogP contribution in [0, 0.1) is 5.82 Å². The van der Waals surface area contributed by atoms with Crippen LogP contribution in [-0.2, 0) is 32.6 Å². The molecule has 2 amide bonds. The summed E-state index contributed by atoms with van der Waals surface area (Å²) in [5.41, 5.74) is 1.60. The van der Waals surface area contributed by atoms with Gasteiger partial charge < -0.3 is 10.2 Å². The van der Waals surface area contributed by atoms with Crippen molar-refractivity contribution in [3.05, 3.63) is 131 Å². The van der Waals surface area contributed by atoms with Crippen molar-refractivity contribution in [3.63, 3.8) is 0 Å². The Morgan fingerprint density at radius 2 is 1.48 bits per heavy atom. The number of halogens is 2. The summed E-state index contributed by atoms with van der Waals surface area (Å²) in [6.45, 7) is 3.18. The third-order valence-corrected chi connectivity index (χ3v) is 9.26. The van der Waals surface area contributed by atoms with Gasteiger partial charge in [0.25, 0.3) is 10.0 Å². The molecule has 10 heteroatoms. The molecule has 0 bridgehead atoms. The molecular formula is C34H35ClFN3O4S. The SMILES string of the molecule is CCC(C)NC(=O)C(Cc1ccccc1)N(Cc1cccc(Cl)c1)C(=O)CN(c1ccc(F)cc1)S(=O)(=O)c1ccccc1. The molecule has 4 rings (SSSR count). The average Bonchev–Trinajstić information content (AvgIpc) is 3.02. The molecule has 0 heterocycles. The number of amides is 2. The second-order valence-electron chi connectivity index (χ2n) is 10.5. The molecule has 0 aliphatic rings. The van der Waals surface area contributed by atoms with Crippen LogP contribution in [0.1, 0.15) is 31.4 Å². The zero-order chi connectivity index (χ0) is 31.7. The number of benzene rings is 4. The highest BCUT2D eigenvalue weighted by atomic mass is 35.5. The van der Waals surface area contributed by atoms with E-state index >= 15 is 0 Å². The van der Waals surface area contributed by atoms with Crippen molar-refractivity contribution in [3.8, 4) is 0 Å². The van der Waals surface area contributed by atoms with E-state index in [4.69, 9.17) is 11.6 Å². The van der Waals surface area contributed by atoms with Gasteiger partial charge in [-0.1, -0.05) is 79.2 Å². The van der Waals surface area contributed by atoms with Crippen molar-refractivity contribution < 1.29 is 22.4 Å². The molecule has 0 saturated heterocycles. The molecule has 0 aliphatic carbocycles. The Balaban J connectivity index is 1.80. The van der Waals surface area contributed by atoms with Gasteiger partial charge in [-0.15, -0.1) is 0 Å². The van der Waals surface area contributed by atoms with Gasteiger partial charge in [-0.2, -0.15) is 0 Å². The van der Waals surface area contributed by atoms with Crippen LogP contribution in [0.15, 0.2) is 114 Å². The topological polar surface area (TPSA) is 86.8 Å². The van der Waals surface area contributed by atoms with E-state index in [2.05, 4.69) is 5.32 Å². The number of carbonyl (C=O) groups excluding carboxylic acids is 2. The maximum absolute atomic E-state index is 14.4. The van der Waals surface area contributed by atoms with E-state index in [9.17, 15) is 22.4 Å². The van der Waals surface area contributed by atoms with Crippen molar-refractivity contribution >= 4 is 39.1 Å². The standard InChI is InChI=1S/C34H35ClFN3O4S/c1-3-25(2)37-34(41)32(22-26-11-6-4-7-12-26)38(23-27-13-10-14-28(35)21-27)33(40)24-39(30-19-17-29(36)18-20-30)44(42,43)31-15-8-5-9-16-31/h4-21,25,32H,3,22-24H2,1-2H3,(H,37,41). The van der Waals surface area contributed by atoms with Crippen molar-refractivity contribution in [2.24, 2.45) is 0 Å². The number of carbonyl (C=O) groups is 2. The van der Waals surface area contributed by atoms with Crippen molar-refractivity contribution in [2.75, 3.05) is 10.8 Å². The number of nitrogens with one attached hydrogen (secondary N) is 1. The van der Waals surface area contributed by atoms with Crippen LogP contribution >= 0.6 is 11.6 Å². The first-order valence-corrected chi connectivity index (χ1v) is 16.1. The van der Waals surface area contributed by atoms with Crippen molar-refractivity contribution in [1.82, 2.24) is 10.2 Å². The maximum atomic E-state index is 14.4. The summed E-state index contributed by atoms with van der Waals surface area (Å²) in [6, 6.07) is 27.7. The summed E-state index contributed by atoms with van der Waals surface area (Å²) in [4.78, 5) is 29.6. The largest absolute Gasteiger partial charge is 0.352 e. The molecule has 0 fully saturated rings. The summed E-state index contributed by atoms with van der Waals surface area (Å²) in [7, 11) is -4.26. The number of anilines is 1. The van der Waals surface area contributed by atoms with Crippen LogP contribution in [-0.4, -0.2) is 43.8 Å². The van der Waals surface area contributed by atoms with Gasteiger partial charge in [-0.05, 0) is 73.0 Å². The monoisotopic (exact) mass is 635 g/mol. The summed E-state index contributed by atoms with van der Waals surface area (Å²) in [5, 5.41) is 3.45. The number of hydrogen-bond acceptors (Lipinski definition) is 4. The second-order valence-corrected chi connectivity index (χ2v) is 12.8. The minimum Gasteiger partial charge on any atom is -0.352 e. The first-order chi connectivity index (χ1) is 21.1. The van der Waals surface area contributed by atoms with Gasteiger partial charge in [0.15, 0.2) is 0 Å². The second kappa shape index (κ2) is 15.0. The highest BCUT2D eigenvalue weighted by molar-refractivity contribution is 7.92. The summed E-state index contributed by atoms with van der Waals surface area (Å²) >= 11 is 6.27. The fourth-order valence-corrected chi connectivity index (χ4v) is 6.33. The molecule has 0 radical (unpaired) electrons. The number of sulfonamides is 1. The van der Waals surface area contributed by atoms with Gasteiger partial charge in [-0.25, -0.2) is 12.8 Å². The minimum absolute atomic E-state index is 0.00649. The Kier molecular flexibility index (Phi) is 11.1. The first kappa shape index (κ1) is 32.7. The third kappa shape index (κ3) is 8.45. The molecule has 1 N–H and O–H groups in total. The van der Waals surface area contributed by atoms with Crippen LogP contribution in [0.25, 0.3) is 0 Å². The molecule has 2 atom stereocenters. The summed E-state index contributed by atoms with van der Waals surface area (Å²) < 4.78 is 42.7. The van der Waals surface area contributed by atoms with E-state index in [-0.39, 0.29) is 35.5 Å². The lowest BCUT2D eigenvalue weighted by atomic mass is 10.0. The third-order valence-electron chi connectivity index (χ3n) is 7.24. The lowest BCUT2D eigenvalue weighted by molar-refractivity contribution is -0.140. The molecule has 44 heavy (non-hydrogen) atoms. The molecule has 2 unspecified atom stereocenters. The Labute approximate surface area is 263 Å². The fraction of sp³-hybridized carbons (Fsp3) is 0.235. The minimum atomic E-state index is -4.26. The Bertz CT molecular complexity index is 1660. The van der Waals surface area contributed by atoms with Crippen LogP contribution in [0.4, 0.5) is 10.1 Å². The zero-order valence-corrected chi connectivity index (χ0v) is 26.1.